The minimum Gasteiger partial charge on any atom is -0.389 e. The van der Waals surface area contributed by atoms with Crippen molar-refractivity contribution >= 4 is 27.4 Å². The number of aliphatic hydroxyl groups excluding tert-OH is 1. The molecule has 6 rings (SSSR count). The van der Waals surface area contributed by atoms with Gasteiger partial charge in [-0.25, -0.2) is 0 Å². The molecule has 0 saturated carbocycles. The summed E-state index contributed by atoms with van der Waals surface area (Å²) in [5, 5.41) is 18.5. The molecule has 3 nitrogen and oxygen atoms in total. The van der Waals surface area contributed by atoms with Crippen molar-refractivity contribution in [1.82, 2.24) is 4.57 Å². The standard InChI is InChI=1S/C35H32N2O/c1-24-17-20-32(25(2)21-24)36-22-29(38)23-37-34(28-14-7-4-8-15-28)33(27-12-5-3-6-13-27)31-19-18-26-11-9-10-16-30(26)35(31)37/h3-21,29,36,38H,22-23H2,1-2H3/t29-/m0/s1. The molecule has 0 radical (unpaired) electrons. The number of nitrogens with one attached hydrogen (secondary N) is 1. The molecule has 0 saturated heterocycles. The molecule has 1 heterocycles. The molecule has 0 aliphatic carbocycles. The first-order chi connectivity index (χ1) is 18.6. The van der Waals surface area contributed by atoms with Crippen molar-refractivity contribution in [2.24, 2.45) is 0 Å². The average molecular weight is 497 g/mol. The Morgan fingerprint density at radius 1 is 0.711 bits per heavy atom. The molecule has 1 aromatic heterocycles. The van der Waals surface area contributed by atoms with E-state index in [1.54, 1.807) is 0 Å². The van der Waals surface area contributed by atoms with Crippen LogP contribution in [0.4, 0.5) is 5.69 Å². The molecule has 0 aliphatic rings. The third kappa shape index (κ3) is 4.46. The molecular formula is C35H32N2O. The summed E-state index contributed by atoms with van der Waals surface area (Å²) in [4.78, 5) is 0. The van der Waals surface area contributed by atoms with Crippen LogP contribution in [-0.2, 0) is 6.54 Å². The van der Waals surface area contributed by atoms with Crippen molar-refractivity contribution in [3.63, 3.8) is 0 Å². The van der Waals surface area contributed by atoms with Crippen molar-refractivity contribution in [3.05, 3.63) is 126 Å². The second-order valence-electron chi connectivity index (χ2n) is 10.1. The van der Waals surface area contributed by atoms with Crippen LogP contribution in [0.15, 0.2) is 115 Å². The van der Waals surface area contributed by atoms with Gasteiger partial charge in [0, 0.05) is 28.6 Å². The molecule has 2 N–H and O–H groups in total. The molecule has 0 spiro atoms. The Morgan fingerprint density at radius 3 is 2.13 bits per heavy atom. The molecule has 3 heteroatoms. The molecule has 6 aromatic rings. The highest BCUT2D eigenvalue weighted by Crippen LogP contribution is 2.43. The summed E-state index contributed by atoms with van der Waals surface area (Å²) in [5.41, 5.74) is 9.29. The number of nitrogens with zero attached hydrogens (tertiary/aromatic N) is 1. The summed E-state index contributed by atoms with van der Waals surface area (Å²) >= 11 is 0. The zero-order chi connectivity index (χ0) is 26.1. The van der Waals surface area contributed by atoms with Gasteiger partial charge in [-0.15, -0.1) is 0 Å². The lowest BCUT2D eigenvalue weighted by molar-refractivity contribution is 0.169. The highest BCUT2D eigenvalue weighted by atomic mass is 16.3. The predicted molar refractivity (Wildman–Crippen MR) is 161 cm³/mol. The van der Waals surface area contributed by atoms with E-state index in [9.17, 15) is 5.11 Å². The molecular weight excluding hydrogens is 464 g/mol. The van der Waals surface area contributed by atoms with Gasteiger partial charge in [0.15, 0.2) is 0 Å². The minimum absolute atomic E-state index is 0.462. The van der Waals surface area contributed by atoms with Gasteiger partial charge in [0.2, 0.25) is 0 Å². The van der Waals surface area contributed by atoms with E-state index < -0.39 is 6.10 Å². The monoisotopic (exact) mass is 496 g/mol. The lowest BCUT2D eigenvalue weighted by atomic mass is 9.97. The smallest absolute Gasteiger partial charge is 0.0891 e. The van der Waals surface area contributed by atoms with Crippen LogP contribution in [0.25, 0.3) is 44.1 Å². The molecule has 0 amide bonds. The molecule has 0 bridgehead atoms. The third-order valence-electron chi connectivity index (χ3n) is 7.36. The summed E-state index contributed by atoms with van der Waals surface area (Å²) in [7, 11) is 0. The largest absolute Gasteiger partial charge is 0.389 e. The minimum atomic E-state index is -0.587. The zero-order valence-corrected chi connectivity index (χ0v) is 21.9. The van der Waals surface area contributed by atoms with Crippen LogP contribution < -0.4 is 5.32 Å². The van der Waals surface area contributed by atoms with Gasteiger partial charge in [-0.1, -0.05) is 115 Å². The van der Waals surface area contributed by atoms with Gasteiger partial charge in [0.25, 0.3) is 0 Å². The van der Waals surface area contributed by atoms with Crippen molar-refractivity contribution in [3.8, 4) is 22.4 Å². The van der Waals surface area contributed by atoms with Crippen LogP contribution in [0.2, 0.25) is 0 Å². The summed E-state index contributed by atoms with van der Waals surface area (Å²) < 4.78 is 2.34. The Balaban J connectivity index is 1.53. The number of anilines is 1. The van der Waals surface area contributed by atoms with E-state index in [0.29, 0.717) is 13.1 Å². The lowest BCUT2D eigenvalue weighted by Gasteiger charge is -2.19. The van der Waals surface area contributed by atoms with Gasteiger partial charge >= 0.3 is 0 Å². The van der Waals surface area contributed by atoms with E-state index in [0.717, 1.165) is 22.5 Å². The highest BCUT2D eigenvalue weighted by Gasteiger charge is 2.23. The molecule has 0 fully saturated rings. The van der Waals surface area contributed by atoms with Gasteiger partial charge in [-0.05, 0) is 42.0 Å². The van der Waals surface area contributed by atoms with Crippen LogP contribution in [-0.4, -0.2) is 22.3 Å². The van der Waals surface area contributed by atoms with Crippen molar-refractivity contribution in [2.45, 2.75) is 26.5 Å². The van der Waals surface area contributed by atoms with Gasteiger partial charge in [0.05, 0.1) is 23.9 Å². The van der Waals surface area contributed by atoms with E-state index in [-0.39, 0.29) is 0 Å². The Labute approximate surface area is 224 Å². The van der Waals surface area contributed by atoms with E-state index >= 15 is 0 Å². The number of hydrogen-bond acceptors (Lipinski definition) is 2. The average Bonchev–Trinajstić information content (AvgIpc) is 3.28. The summed E-state index contributed by atoms with van der Waals surface area (Å²) in [6, 6.07) is 40.5. The van der Waals surface area contributed by atoms with Gasteiger partial charge in [0.1, 0.15) is 0 Å². The highest BCUT2D eigenvalue weighted by molar-refractivity contribution is 6.15. The van der Waals surface area contributed by atoms with Crippen LogP contribution in [0.3, 0.4) is 0 Å². The first-order valence-electron chi connectivity index (χ1n) is 13.2. The molecule has 188 valence electrons. The quantitative estimate of drug-likeness (QED) is 0.234. The summed E-state index contributed by atoms with van der Waals surface area (Å²) in [5.74, 6) is 0. The molecule has 0 aliphatic heterocycles. The van der Waals surface area contributed by atoms with Crippen molar-refractivity contribution in [2.75, 3.05) is 11.9 Å². The van der Waals surface area contributed by atoms with Crippen LogP contribution in [0, 0.1) is 13.8 Å². The predicted octanol–water partition coefficient (Wildman–Crippen LogP) is 8.22. The maximum atomic E-state index is 11.4. The zero-order valence-electron chi connectivity index (χ0n) is 21.9. The van der Waals surface area contributed by atoms with Crippen LogP contribution >= 0.6 is 0 Å². The SMILES string of the molecule is Cc1ccc(NC[C@H](O)Cn2c(-c3ccccc3)c(-c3ccccc3)c3ccc4ccccc4c32)c(C)c1. The first kappa shape index (κ1) is 24.0. The van der Waals surface area contributed by atoms with Crippen molar-refractivity contribution in [1.29, 1.82) is 0 Å². The number of benzene rings is 5. The van der Waals surface area contributed by atoms with E-state index in [2.05, 4.69) is 139 Å². The number of aryl methyl sites for hydroxylation is 2. The fraction of sp³-hybridized carbons (Fsp3) is 0.143. The normalized spacial score (nSPS) is 12.2. The second-order valence-corrected chi connectivity index (χ2v) is 10.1. The molecule has 5 aromatic carbocycles. The Hall–Kier alpha value is -4.34. The Bertz CT molecular complexity index is 1720. The fourth-order valence-corrected chi connectivity index (χ4v) is 5.61. The maximum absolute atomic E-state index is 11.4. The Morgan fingerprint density at radius 2 is 1.39 bits per heavy atom. The first-order valence-corrected chi connectivity index (χ1v) is 13.2. The maximum Gasteiger partial charge on any atom is 0.0891 e. The molecule has 0 unspecified atom stereocenters. The van der Waals surface area contributed by atoms with Crippen LogP contribution in [0.1, 0.15) is 11.1 Å². The number of fused-ring (bicyclic) bond motifs is 3. The molecule has 1 atom stereocenters. The number of aliphatic hydroxyl groups is 1. The fourth-order valence-electron chi connectivity index (χ4n) is 5.61. The number of rotatable bonds is 7. The number of hydrogen-bond donors (Lipinski definition) is 2. The third-order valence-corrected chi connectivity index (χ3v) is 7.36. The van der Waals surface area contributed by atoms with Gasteiger partial charge in [-0.2, -0.15) is 0 Å². The lowest BCUT2D eigenvalue weighted by Crippen LogP contribution is -2.25. The summed E-state index contributed by atoms with van der Waals surface area (Å²) in [6.45, 7) is 5.14. The van der Waals surface area contributed by atoms with E-state index in [1.807, 2.05) is 0 Å². The van der Waals surface area contributed by atoms with E-state index in [4.69, 9.17) is 0 Å². The summed E-state index contributed by atoms with van der Waals surface area (Å²) in [6.07, 6.45) is -0.587. The van der Waals surface area contributed by atoms with Crippen LogP contribution in [0.5, 0.6) is 0 Å². The van der Waals surface area contributed by atoms with Gasteiger partial charge in [-0.3, -0.25) is 0 Å². The topological polar surface area (TPSA) is 37.2 Å². The van der Waals surface area contributed by atoms with Crippen molar-refractivity contribution < 1.29 is 5.11 Å². The van der Waals surface area contributed by atoms with Gasteiger partial charge < -0.3 is 15.0 Å². The second kappa shape index (κ2) is 10.2. The Kier molecular flexibility index (Phi) is 6.45. The van der Waals surface area contributed by atoms with E-state index in [1.165, 1.54) is 38.4 Å². The molecule has 38 heavy (non-hydrogen) atoms. The number of aromatic nitrogens is 1.